The normalized spacial score (nSPS) is 11.3. The van der Waals surface area contributed by atoms with E-state index in [0.29, 0.717) is 16.3 Å². The SMILES string of the molecule is CN=C(NC)SCc1nc2ccsc2c(=O)[nH]1.Cl. The highest BCUT2D eigenvalue weighted by molar-refractivity contribution is 8.13. The van der Waals surface area contributed by atoms with Crippen LogP contribution in [-0.4, -0.2) is 29.2 Å². The quantitative estimate of drug-likeness (QED) is 0.656. The van der Waals surface area contributed by atoms with Crippen molar-refractivity contribution in [1.82, 2.24) is 15.3 Å². The molecular formula is C10H13ClN4OS2. The van der Waals surface area contributed by atoms with Crippen LogP contribution < -0.4 is 10.9 Å². The van der Waals surface area contributed by atoms with Gasteiger partial charge in [0.1, 0.15) is 10.5 Å². The van der Waals surface area contributed by atoms with Gasteiger partial charge in [0.2, 0.25) is 0 Å². The molecule has 0 aromatic carbocycles. The first-order valence-electron chi connectivity index (χ1n) is 4.98. The summed E-state index contributed by atoms with van der Waals surface area (Å²) < 4.78 is 0.678. The molecule has 0 aliphatic carbocycles. The number of amidine groups is 1. The lowest BCUT2D eigenvalue weighted by Crippen LogP contribution is -2.15. The highest BCUT2D eigenvalue weighted by atomic mass is 35.5. The number of nitrogens with zero attached hydrogens (tertiary/aromatic N) is 2. The van der Waals surface area contributed by atoms with E-state index in [0.717, 1.165) is 10.7 Å². The summed E-state index contributed by atoms with van der Waals surface area (Å²) in [5, 5.41) is 5.65. The van der Waals surface area contributed by atoms with Gasteiger partial charge in [-0.1, -0.05) is 11.8 Å². The monoisotopic (exact) mass is 304 g/mol. The van der Waals surface area contributed by atoms with Crippen LogP contribution in [0.2, 0.25) is 0 Å². The van der Waals surface area contributed by atoms with Crippen molar-refractivity contribution in [2.24, 2.45) is 4.99 Å². The highest BCUT2D eigenvalue weighted by Crippen LogP contribution is 2.15. The van der Waals surface area contributed by atoms with Crippen LogP contribution in [0.4, 0.5) is 0 Å². The Hall–Kier alpha value is -1.05. The van der Waals surface area contributed by atoms with E-state index in [4.69, 9.17) is 0 Å². The summed E-state index contributed by atoms with van der Waals surface area (Å²) in [6.07, 6.45) is 0. The Balaban J connectivity index is 0.00000162. The molecule has 5 nitrogen and oxygen atoms in total. The summed E-state index contributed by atoms with van der Waals surface area (Å²) in [5.74, 6) is 1.26. The van der Waals surface area contributed by atoms with E-state index in [9.17, 15) is 4.79 Å². The van der Waals surface area contributed by atoms with Gasteiger partial charge in [0, 0.05) is 14.1 Å². The number of thioether (sulfide) groups is 1. The van der Waals surface area contributed by atoms with Gasteiger partial charge in [-0.05, 0) is 11.4 Å². The molecule has 0 atom stereocenters. The van der Waals surface area contributed by atoms with Gasteiger partial charge in [-0.15, -0.1) is 23.7 Å². The third-order valence-electron chi connectivity index (χ3n) is 2.13. The van der Waals surface area contributed by atoms with Crippen LogP contribution in [0.15, 0.2) is 21.2 Å². The number of hydrogen-bond donors (Lipinski definition) is 2. The van der Waals surface area contributed by atoms with Crippen LogP contribution >= 0.6 is 35.5 Å². The second kappa shape index (κ2) is 6.77. The zero-order chi connectivity index (χ0) is 12.3. The smallest absolute Gasteiger partial charge is 0.268 e. The number of thiophene rings is 1. The Bertz CT molecular complexity index is 607. The molecule has 0 saturated heterocycles. The van der Waals surface area contributed by atoms with Gasteiger partial charge in [-0.2, -0.15) is 0 Å². The first kappa shape index (κ1) is 15.0. The largest absolute Gasteiger partial charge is 0.368 e. The summed E-state index contributed by atoms with van der Waals surface area (Å²) in [5.41, 5.74) is 0.689. The Morgan fingerprint density at radius 1 is 1.67 bits per heavy atom. The number of nitrogens with one attached hydrogen (secondary N) is 2. The first-order chi connectivity index (χ1) is 8.24. The van der Waals surface area contributed by atoms with E-state index in [1.165, 1.54) is 23.1 Å². The molecule has 0 bridgehead atoms. The Morgan fingerprint density at radius 3 is 3.11 bits per heavy atom. The fraction of sp³-hybridized carbons (Fsp3) is 0.300. The molecule has 98 valence electrons. The van der Waals surface area contributed by atoms with Gasteiger partial charge >= 0.3 is 0 Å². The van der Waals surface area contributed by atoms with Crippen LogP contribution in [0.1, 0.15) is 5.82 Å². The highest BCUT2D eigenvalue weighted by Gasteiger charge is 2.06. The summed E-state index contributed by atoms with van der Waals surface area (Å²) in [6.45, 7) is 0. The maximum atomic E-state index is 11.7. The molecule has 2 heterocycles. The van der Waals surface area contributed by atoms with Crippen LogP contribution in [0, 0.1) is 0 Å². The fourth-order valence-corrected chi connectivity index (χ4v) is 2.78. The Kier molecular flexibility index (Phi) is 5.64. The molecule has 2 aromatic heterocycles. The second-order valence-electron chi connectivity index (χ2n) is 3.22. The van der Waals surface area contributed by atoms with E-state index in [1.54, 1.807) is 7.05 Å². The van der Waals surface area contributed by atoms with E-state index >= 15 is 0 Å². The molecule has 18 heavy (non-hydrogen) atoms. The van der Waals surface area contributed by atoms with E-state index in [2.05, 4.69) is 20.3 Å². The van der Waals surface area contributed by atoms with E-state index in [-0.39, 0.29) is 18.0 Å². The van der Waals surface area contributed by atoms with Crippen molar-refractivity contribution < 1.29 is 0 Å². The minimum absolute atomic E-state index is 0. The van der Waals surface area contributed by atoms with Crippen molar-refractivity contribution in [1.29, 1.82) is 0 Å². The zero-order valence-electron chi connectivity index (χ0n) is 9.89. The van der Waals surface area contributed by atoms with Crippen LogP contribution in [-0.2, 0) is 5.75 Å². The molecule has 8 heteroatoms. The zero-order valence-corrected chi connectivity index (χ0v) is 12.3. The Labute approximate surface area is 119 Å². The van der Waals surface area contributed by atoms with Gasteiger partial charge in [-0.3, -0.25) is 9.79 Å². The maximum Gasteiger partial charge on any atom is 0.268 e. The summed E-state index contributed by atoms with van der Waals surface area (Å²) in [7, 11) is 3.53. The second-order valence-corrected chi connectivity index (χ2v) is 5.10. The maximum absolute atomic E-state index is 11.7. The minimum Gasteiger partial charge on any atom is -0.368 e. The van der Waals surface area contributed by atoms with Gasteiger partial charge < -0.3 is 10.3 Å². The lowest BCUT2D eigenvalue weighted by Gasteiger charge is -2.03. The number of rotatable bonds is 2. The topological polar surface area (TPSA) is 70.1 Å². The first-order valence-corrected chi connectivity index (χ1v) is 6.85. The molecular weight excluding hydrogens is 292 g/mol. The molecule has 0 unspecified atom stereocenters. The summed E-state index contributed by atoms with van der Waals surface area (Å²) in [6, 6.07) is 1.86. The van der Waals surface area contributed by atoms with Crippen LogP contribution in [0.25, 0.3) is 10.2 Å². The molecule has 0 amide bonds. The number of H-pyrrole nitrogens is 1. The fourth-order valence-electron chi connectivity index (χ4n) is 1.38. The van der Waals surface area contributed by atoms with Crippen LogP contribution in [0.3, 0.4) is 0 Å². The number of aromatic amines is 1. The summed E-state index contributed by atoms with van der Waals surface area (Å²) >= 11 is 2.91. The molecule has 2 aromatic rings. The third kappa shape index (κ3) is 3.24. The van der Waals surface area contributed by atoms with E-state index < -0.39 is 0 Å². The molecule has 0 spiro atoms. The van der Waals surface area contributed by atoms with Gasteiger partial charge in [0.25, 0.3) is 5.56 Å². The molecule has 0 aliphatic rings. The van der Waals surface area contributed by atoms with Gasteiger partial charge in [0.15, 0.2) is 5.17 Å². The average molecular weight is 305 g/mol. The minimum atomic E-state index is -0.0694. The van der Waals surface area contributed by atoms with Crippen molar-refractivity contribution >= 4 is 50.9 Å². The predicted molar refractivity (Wildman–Crippen MR) is 81.2 cm³/mol. The predicted octanol–water partition coefficient (Wildman–Crippen LogP) is 1.84. The standard InChI is InChI=1S/C10H12N4OS2.ClH/c1-11-10(12-2)17-5-7-13-6-3-4-16-8(6)9(15)14-7;/h3-4H,5H2,1-2H3,(H,11,12)(H,13,14,15);1H. The van der Waals surface area contributed by atoms with Crippen molar-refractivity contribution in [2.45, 2.75) is 5.75 Å². The van der Waals surface area contributed by atoms with Gasteiger partial charge in [0.05, 0.1) is 11.3 Å². The number of fused-ring (bicyclic) bond motifs is 1. The molecule has 0 saturated carbocycles. The van der Waals surface area contributed by atoms with Gasteiger partial charge in [-0.25, -0.2) is 4.98 Å². The number of hydrogen-bond acceptors (Lipinski definition) is 5. The molecule has 0 radical (unpaired) electrons. The van der Waals surface area contributed by atoms with Crippen molar-refractivity contribution in [2.75, 3.05) is 14.1 Å². The molecule has 0 fully saturated rings. The van der Waals surface area contributed by atoms with E-state index in [1.807, 2.05) is 18.5 Å². The number of halogens is 1. The van der Waals surface area contributed by atoms with Crippen LogP contribution in [0.5, 0.6) is 0 Å². The third-order valence-corrected chi connectivity index (χ3v) is 4.11. The summed E-state index contributed by atoms with van der Waals surface area (Å²) in [4.78, 5) is 22.9. The molecule has 2 rings (SSSR count). The lowest BCUT2D eigenvalue weighted by molar-refractivity contribution is 1.05. The van der Waals surface area contributed by atoms with Crippen molar-refractivity contribution in [3.8, 4) is 0 Å². The average Bonchev–Trinajstić information content (AvgIpc) is 2.79. The number of aliphatic imine (C=N–C) groups is 1. The lowest BCUT2D eigenvalue weighted by atomic mass is 10.4. The van der Waals surface area contributed by atoms with Crippen molar-refractivity contribution in [3.05, 3.63) is 27.6 Å². The Morgan fingerprint density at radius 2 is 2.44 bits per heavy atom. The molecule has 2 N–H and O–H groups in total. The number of aromatic nitrogens is 2. The molecule has 0 aliphatic heterocycles. The van der Waals surface area contributed by atoms with Crippen molar-refractivity contribution in [3.63, 3.8) is 0 Å².